The Morgan fingerprint density at radius 2 is 1.75 bits per heavy atom. The van der Waals surface area contributed by atoms with Crippen molar-refractivity contribution in [2.75, 3.05) is 19.6 Å². The van der Waals surface area contributed by atoms with Crippen LogP contribution in [0.2, 0.25) is 0 Å². The van der Waals surface area contributed by atoms with Crippen LogP contribution in [0.5, 0.6) is 0 Å². The third kappa shape index (κ3) is 10.1. The average Bonchev–Trinajstić information content (AvgIpc) is 2.26. The molecule has 0 aliphatic heterocycles. The molecule has 0 spiro atoms. The molecule has 0 bridgehead atoms. The van der Waals surface area contributed by atoms with Gasteiger partial charge in [0.05, 0.1) is 0 Å². The van der Waals surface area contributed by atoms with Gasteiger partial charge in [0, 0.05) is 6.04 Å². The minimum Gasteiger partial charge on any atom is -0.330 e. The Morgan fingerprint density at radius 3 is 2.38 bits per heavy atom. The molecule has 0 saturated carbocycles. The van der Waals surface area contributed by atoms with Crippen molar-refractivity contribution in [3.63, 3.8) is 0 Å². The summed E-state index contributed by atoms with van der Waals surface area (Å²) in [5.41, 5.74) is 12.4. The van der Waals surface area contributed by atoms with Crippen molar-refractivity contribution >= 4 is 0 Å². The molecular weight excluding hydrogens is 198 g/mol. The van der Waals surface area contributed by atoms with Crippen LogP contribution in [0, 0.1) is 0 Å². The largest absolute Gasteiger partial charge is 0.330 e. The highest BCUT2D eigenvalue weighted by Gasteiger charge is 2.01. The van der Waals surface area contributed by atoms with Gasteiger partial charge in [0.2, 0.25) is 0 Å². The summed E-state index contributed by atoms with van der Waals surface area (Å²) in [7, 11) is 0. The SMILES string of the molecule is C=C(C)C(N)CCCNCCCCCCN. The van der Waals surface area contributed by atoms with Crippen molar-refractivity contribution in [3.05, 3.63) is 12.2 Å². The Balaban J connectivity index is 3.07. The van der Waals surface area contributed by atoms with Gasteiger partial charge < -0.3 is 16.8 Å². The first-order valence-electron chi connectivity index (χ1n) is 6.50. The molecule has 1 atom stereocenters. The predicted molar refractivity (Wildman–Crippen MR) is 72.4 cm³/mol. The Labute approximate surface area is 101 Å². The zero-order chi connectivity index (χ0) is 12.2. The summed E-state index contributed by atoms with van der Waals surface area (Å²) in [6.45, 7) is 8.86. The molecule has 0 aliphatic rings. The van der Waals surface area contributed by atoms with Crippen LogP contribution in [0.4, 0.5) is 0 Å². The summed E-state index contributed by atoms with van der Waals surface area (Å²) in [5, 5.41) is 3.44. The average molecular weight is 227 g/mol. The molecule has 5 N–H and O–H groups in total. The maximum Gasteiger partial charge on any atom is 0.0248 e. The van der Waals surface area contributed by atoms with Crippen LogP contribution in [-0.4, -0.2) is 25.7 Å². The van der Waals surface area contributed by atoms with E-state index in [1.807, 2.05) is 6.92 Å². The van der Waals surface area contributed by atoms with Crippen LogP contribution in [0.25, 0.3) is 0 Å². The number of hydrogen-bond donors (Lipinski definition) is 3. The highest BCUT2D eigenvalue weighted by molar-refractivity contribution is 4.99. The third-order valence-electron chi connectivity index (χ3n) is 2.81. The summed E-state index contributed by atoms with van der Waals surface area (Å²) in [5.74, 6) is 0. The molecule has 3 heteroatoms. The molecule has 0 aromatic heterocycles. The lowest BCUT2D eigenvalue weighted by Crippen LogP contribution is -2.24. The van der Waals surface area contributed by atoms with E-state index in [1.165, 1.54) is 19.3 Å². The first-order valence-corrected chi connectivity index (χ1v) is 6.50. The highest BCUT2D eigenvalue weighted by atomic mass is 14.8. The van der Waals surface area contributed by atoms with Gasteiger partial charge in [-0.2, -0.15) is 0 Å². The first-order chi connectivity index (χ1) is 7.68. The number of hydrogen-bond acceptors (Lipinski definition) is 3. The van der Waals surface area contributed by atoms with Gasteiger partial charge in [-0.3, -0.25) is 0 Å². The molecule has 1 unspecified atom stereocenters. The summed E-state index contributed by atoms with van der Waals surface area (Å²) in [6, 6.07) is 0.173. The lowest BCUT2D eigenvalue weighted by molar-refractivity contribution is 0.555. The highest BCUT2D eigenvalue weighted by Crippen LogP contribution is 2.02. The van der Waals surface area contributed by atoms with Crippen molar-refractivity contribution in [2.45, 2.75) is 51.5 Å². The molecule has 0 aromatic carbocycles. The van der Waals surface area contributed by atoms with Crippen LogP contribution in [-0.2, 0) is 0 Å². The van der Waals surface area contributed by atoms with Crippen molar-refractivity contribution in [1.82, 2.24) is 5.32 Å². The zero-order valence-electron chi connectivity index (χ0n) is 10.8. The van der Waals surface area contributed by atoms with E-state index in [4.69, 9.17) is 11.5 Å². The van der Waals surface area contributed by atoms with E-state index in [2.05, 4.69) is 11.9 Å². The van der Waals surface area contributed by atoms with Gasteiger partial charge in [0.15, 0.2) is 0 Å². The standard InChI is InChI=1S/C13H29N3/c1-12(2)13(15)8-7-11-16-10-6-4-3-5-9-14/h13,16H,1,3-11,14-15H2,2H3. The maximum absolute atomic E-state index is 5.87. The van der Waals surface area contributed by atoms with Crippen molar-refractivity contribution < 1.29 is 0 Å². The van der Waals surface area contributed by atoms with Gasteiger partial charge >= 0.3 is 0 Å². The van der Waals surface area contributed by atoms with E-state index in [0.717, 1.165) is 44.5 Å². The van der Waals surface area contributed by atoms with Crippen molar-refractivity contribution in [3.8, 4) is 0 Å². The predicted octanol–water partition coefficient (Wildman–Crippen LogP) is 1.78. The summed E-state index contributed by atoms with van der Waals surface area (Å²) >= 11 is 0. The Morgan fingerprint density at radius 1 is 1.12 bits per heavy atom. The summed E-state index contributed by atoms with van der Waals surface area (Å²) in [4.78, 5) is 0. The third-order valence-corrected chi connectivity index (χ3v) is 2.81. The van der Waals surface area contributed by atoms with Gasteiger partial charge in [-0.1, -0.05) is 25.0 Å². The Bertz CT molecular complexity index is 169. The number of unbranched alkanes of at least 4 members (excludes halogenated alkanes) is 3. The molecule has 0 aliphatic carbocycles. The molecule has 0 amide bonds. The van der Waals surface area contributed by atoms with E-state index < -0.39 is 0 Å². The van der Waals surface area contributed by atoms with Crippen LogP contribution < -0.4 is 16.8 Å². The second-order valence-electron chi connectivity index (χ2n) is 4.55. The topological polar surface area (TPSA) is 64.1 Å². The second kappa shape index (κ2) is 11.1. The smallest absolute Gasteiger partial charge is 0.0248 e. The fourth-order valence-electron chi connectivity index (χ4n) is 1.57. The lowest BCUT2D eigenvalue weighted by Gasteiger charge is -2.11. The van der Waals surface area contributed by atoms with Crippen molar-refractivity contribution in [1.29, 1.82) is 0 Å². The molecule has 3 nitrogen and oxygen atoms in total. The number of nitrogens with two attached hydrogens (primary N) is 2. The van der Waals surface area contributed by atoms with Gasteiger partial charge in [0.1, 0.15) is 0 Å². The van der Waals surface area contributed by atoms with Gasteiger partial charge in [-0.25, -0.2) is 0 Å². The molecule has 0 radical (unpaired) electrons. The van der Waals surface area contributed by atoms with Gasteiger partial charge in [-0.05, 0) is 52.2 Å². The van der Waals surface area contributed by atoms with E-state index in [-0.39, 0.29) is 6.04 Å². The second-order valence-corrected chi connectivity index (χ2v) is 4.55. The van der Waals surface area contributed by atoms with Crippen LogP contribution in [0.15, 0.2) is 12.2 Å². The van der Waals surface area contributed by atoms with Crippen LogP contribution in [0.1, 0.15) is 45.4 Å². The van der Waals surface area contributed by atoms with Gasteiger partial charge in [-0.15, -0.1) is 0 Å². The van der Waals surface area contributed by atoms with Gasteiger partial charge in [0.25, 0.3) is 0 Å². The molecule has 16 heavy (non-hydrogen) atoms. The summed E-state index contributed by atoms with van der Waals surface area (Å²) in [6.07, 6.45) is 7.14. The monoisotopic (exact) mass is 227 g/mol. The van der Waals surface area contributed by atoms with Crippen LogP contribution in [0.3, 0.4) is 0 Å². The zero-order valence-corrected chi connectivity index (χ0v) is 10.8. The summed E-state index contributed by atoms with van der Waals surface area (Å²) < 4.78 is 0. The fraction of sp³-hybridized carbons (Fsp3) is 0.846. The van der Waals surface area contributed by atoms with E-state index in [9.17, 15) is 0 Å². The number of rotatable bonds is 11. The van der Waals surface area contributed by atoms with Crippen LogP contribution >= 0.6 is 0 Å². The fourth-order valence-corrected chi connectivity index (χ4v) is 1.57. The minimum atomic E-state index is 0.173. The quantitative estimate of drug-likeness (QED) is 0.372. The lowest BCUT2D eigenvalue weighted by atomic mass is 10.1. The molecule has 0 saturated heterocycles. The van der Waals surface area contributed by atoms with E-state index in [1.54, 1.807) is 0 Å². The molecular formula is C13H29N3. The molecule has 0 fully saturated rings. The van der Waals surface area contributed by atoms with E-state index >= 15 is 0 Å². The molecule has 0 heterocycles. The number of nitrogens with one attached hydrogen (secondary N) is 1. The normalized spacial score (nSPS) is 12.7. The maximum atomic E-state index is 5.87. The first kappa shape index (κ1) is 15.6. The Hall–Kier alpha value is -0.380. The molecule has 0 aromatic rings. The molecule has 96 valence electrons. The molecule has 0 rings (SSSR count). The Kier molecular flexibility index (Phi) is 10.9. The van der Waals surface area contributed by atoms with Crippen molar-refractivity contribution in [2.24, 2.45) is 11.5 Å². The van der Waals surface area contributed by atoms with E-state index in [0.29, 0.717) is 0 Å². The minimum absolute atomic E-state index is 0.173.